The molecule has 2 saturated heterocycles. The number of aryl methyl sites for hydroxylation is 1. The van der Waals surface area contributed by atoms with E-state index in [-0.39, 0.29) is 18.0 Å². The van der Waals surface area contributed by atoms with Crippen molar-refractivity contribution < 1.29 is 14.3 Å². The minimum atomic E-state index is -0.277. The van der Waals surface area contributed by atoms with Crippen molar-refractivity contribution in [3.8, 4) is 0 Å². The number of amides is 2. The fourth-order valence-electron chi connectivity index (χ4n) is 3.76. The third-order valence-electron chi connectivity index (χ3n) is 5.32. The summed E-state index contributed by atoms with van der Waals surface area (Å²) in [6.07, 6.45) is 5.90. The highest BCUT2D eigenvalue weighted by Gasteiger charge is 2.25. The van der Waals surface area contributed by atoms with Crippen molar-refractivity contribution in [2.45, 2.75) is 58.4 Å². The highest BCUT2D eigenvalue weighted by Crippen LogP contribution is 2.17. The maximum Gasteiger partial charge on any atom is 0.409 e. The van der Waals surface area contributed by atoms with Gasteiger partial charge in [0.05, 0.1) is 6.61 Å². The predicted molar refractivity (Wildman–Crippen MR) is 107 cm³/mol. The number of nitrogens with one attached hydrogen (secondary N) is 1. The fraction of sp³-hybridized carbons (Fsp3) is 0.700. The van der Waals surface area contributed by atoms with E-state index >= 15 is 0 Å². The molecule has 0 aromatic carbocycles. The Balaban J connectivity index is 1.59. The summed E-state index contributed by atoms with van der Waals surface area (Å²) in [5, 5.41) is 3.07. The lowest BCUT2D eigenvalue weighted by molar-refractivity contribution is 0.0856. The number of carbonyl (C=O) groups excluding carboxylic acids is 2. The first-order chi connectivity index (χ1) is 13.6. The molecule has 2 fully saturated rings. The van der Waals surface area contributed by atoms with E-state index in [2.05, 4.69) is 20.2 Å². The molecule has 1 aromatic heterocycles. The van der Waals surface area contributed by atoms with E-state index in [4.69, 9.17) is 4.74 Å². The largest absolute Gasteiger partial charge is 0.450 e. The number of aromatic nitrogens is 2. The van der Waals surface area contributed by atoms with Crippen molar-refractivity contribution in [1.29, 1.82) is 0 Å². The Kier molecular flexibility index (Phi) is 7.06. The molecule has 2 amide bonds. The molecule has 2 aliphatic heterocycles. The number of ether oxygens (including phenoxy) is 1. The van der Waals surface area contributed by atoms with E-state index in [0.717, 1.165) is 31.6 Å². The van der Waals surface area contributed by atoms with E-state index in [1.54, 1.807) is 17.9 Å². The number of piperidine rings is 1. The Bertz CT molecular complexity index is 680. The predicted octanol–water partition coefficient (Wildman–Crippen LogP) is 2.52. The third-order valence-corrected chi connectivity index (χ3v) is 5.32. The van der Waals surface area contributed by atoms with Crippen molar-refractivity contribution in [2.24, 2.45) is 0 Å². The Labute approximate surface area is 166 Å². The molecule has 3 heterocycles. The number of nitrogens with zero attached hydrogens (tertiary/aromatic N) is 4. The monoisotopic (exact) mass is 389 g/mol. The topological polar surface area (TPSA) is 87.7 Å². The van der Waals surface area contributed by atoms with Gasteiger partial charge >= 0.3 is 6.09 Å². The van der Waals surface area contributed by atoms with Crippen molar-refractivity contribution in [2.75, 3.05) is 37.7 Å². The summed E-state index contributed by atoms with van der Waals surface area (Å²) in [6, 6.07) is 1.78. The van der Waals surface area contributed by atoms with Crippen LogP contribution < -0.4 is 10.2 Å². The van der Waals surface area contributed by atoms with Gasteiger partial charge < -0.3 is 19.9 Å². The summed E-state index contributed by atoms with van der Waals surface area (Å²) in [6.45, 7) is 7.14. The van der Waals surface area contributed by atoms with Crippen LogP contribution in [-0.4, -0.2) is 65.7 Å². The molecule has 28 heavy (non-hydrogen) atoms. The third kappa shape index (κ3) is 5.33. The second-order valence-corrected chi connectivity index (χ2v) is 7.53. The molecule has 0 spiro atoms. The zero-order valence-electron chi connectivity index (χ0n) is 16.9. The van der Waals surface area contributed by atoms with E-state index in [9.17, 15) is 9.59 Å². The van der Waals surface area contributed by atoms with Gasteiger partial charge in [0.25, 0.3) is 5.91 Å². The van der Waals surface area contributed by atoms with Crippen LogP contribution in [0.15, 0.2) is 6.07 Å². The molecule has 1 aromatic rings. The smallest absolute Gasteiger partial charge is 0.409 e. The second kappa shape index (κ2) is 9.71. The molecule has 0 atom stereocenters. The first kappa shape index (κ1) is 20.4. The second-order valence-electron chi connectivity index (χ2n) is 7.53. The standard InChI is InChI=1S/C20H31N5O3/c1-3-28-20(27)25-12-8-16(9-13-25)22-18(26)17-14-15(2)21-19(23-17)24-10-6-4-5-7-11-24/h14,16H,3-13H2,1-2H3,(H,22,26). The molecule has 0 aliphatic carbocycles. The van der Waals surface area contributed by atoms with Gasteiger partial charge in [-0.1, -0.05) is 12.8 Å². The highest BCUT2D eigenvalue weighted by atomic mass is 16.6. The fourth-order valence-corrected chi connectivity index (χ4v) is 3.76. The van der Waals surface area contributed by atoms with Crippen molar-refractivity contribution in [3.63, 3.8) is 0 Å². The summed E-state index contributed by atoms with van der Waals surface area (Å²) in [5.41, 5.74) is 1.22. The maximum absolute atomic E-state index is 12.8. The Morgan fingerprint density at radius 2 is 1.79 bits per heavy atom. The number of hydrogen-bond acceptors (Lipinski definition) is 6. The zero-order valence-corrected chi connectivity index (χ0v) is 16.9. The van der Waals surface area contributed by atoms with E-state index < -0.39 is 0 Å². The lowest BCUT2D eigenvalue weighted by atomic mass is 10.1. The summed E-state index contributed by atoms with van der Waals surface area (Å²) >= 11 is 0. The molecule has 1 N–H and O–H groups in total. The number of likely N-dealkylation sites (tertiary alicyclic amines) is 1. The van der Waals surface area contributed by atoms with Gasteiger partial charge in [-0.25, -0.2) is 14.8 Å². The van der Waals surface area contributed by atoms with E-state index in [0.29, 0.717) is 44.2 Å². The van der Waals surface area contributed by atoms with Gasteiger partial charge in [0, 0.05) is 37.9 Å². The Morgan fingerprint density at radius 1 is 1.11 bits per heavy atom. The molecule has 8 nitrogen and oxygen atoms in total. The molecule has 8 heteroatoms. The minimum absolute atomic E-state index is 0.0371. The average molecular weight is 390 g/mol. The normalized spacial score (nSPS) is 18.5. The first-order valence-corrected chi connectivity index (χ1v) is 10.4. The van der Waals surface area contributed by atoms with Gasteiger partial charge in [0.1, 0.15) is 5.69 Å². The Morgan fingerprint density at radius 3 is 2.43 bits per heavy atom. The van der Waals surface area contributed by atoms with Crippen molar-refractivity contribution in [1.82, 2.24) is 20.2 Å². The molecular weight excluding hydrogens is 358 g/mol. The molecule has 0 bridgehead atoms. The van der Waals surface area contributed by atoms with Crippen LogP contribution in [0, 0.1) is 6.92 Å². The summed E-state index contributed by atoms with van der Waals surface area (Å²) in [7, 11) is 0. The minimum Gasteiger partial charge on any atom is -0.450 e. The van der Waals surface area contributed by atoms with Gasteiger partial charge in [-0.05, 0) is 45.6 Å². The van der Waals surface area contributed by atoms with Crippen molar-refractivity contribution in [3.05, 3.63) is 17.5 Å². The van der Waals surface area contributed by atoms with Gasteiger partial charge in [-0.3, -0.25) is 4.79 Å². The Hall–Kier alpha value is -2.38. The summed E-state index contributed by atoms with van der Waals surface area (Å²) in [4.78, 5) is 37.5. The van der Waals surface area contributed by atoms with Crippen LogP contribution in [0.1, 0.15) is 61.6 Å². The molecule has 3 rings (SSSR count). The summed E-state index contributed by atoms with van der Waals surface area (Å²) in [5.74, 6) is 0.486. The molecular formula is C20H31N5O3. The molecule has 154 valence electrons. The maximum atomic E-state index is 12.8. The average Bonchev–Trinajstić information content (AvgIpc) is 2.98. The van der Waals surface area contributed by atoms with Crippen LogP contribution in [0.25, 0.3) is 0 Å². The van der Waals surface area contributed by atoms with Gasteiger partial charge in [0.15, 0.2) is 0 Å². The van der Waals surface area contributed by atoms with Gasteiger partial charge in [0.2, 0.25) is 5.95 Å². The van der Waals surface area contributed by atoms with E-state index in [1.165, 1.54) is 12.8 Å². The quantitative estimate of drug-likeness (QED) is 0.851. The van der Waals surface area contributed by atoms with Crippen LogP contribution in [0.4, 0.5) is 10.7 Å². The molecule has 0 radical (unpaired) electrons. The van der Waals surface area contributed by atoms with Crippen LogP contribution in [0.2, 0.25) is 0 Å². The molecule has 0 saturated carbocycles. The van der Waals surface area contributed by atoms with Crippen LogP contribution in [0.5, 0.6) is 0 Å². The lowest BCUT2D eigenvalue weighted by Gasteiger charge is -2.31. The van der Waals surface area contributed by atoms with Crippen molar-refractivity contribution >= 4 is 17.9 Å². The van der Waals surface area contributed by atoms with Crippen LogP contribution in [0.3, 0.4) is 0 Å². The lowest BCUT2D eigenvalue weighted by Crippen LogP contribution is -2.46. The zero-order chi connectivity index (χ0) is 19.9. The first-order valence-electron chi connectivity index (χ1n) is 10.4. The number of rotatable bonds is 4. The number of carbonyl (C=O) groups is 2. The van der Waals surface area contributed by atoms with Gasteiger partial charge in [-0.2, -0.15) is 0 Å². The van der Waals surface area contributed by atoms with Crippen LogP contribution >= 0.6 is 0 Å². The SMILES string of the molecule is CCOC(=O)N1CCC(NC(=O)c2cc(C)nc(N3CCCCCC3)n2)CC1. The molecule has 0 unspecified atom stereocenters. The number of hydrogen-bond donors (Lipinski definition) is 1. The summed E-state index contributed by atoms with van der Waals surface area (Å²) < 4.78 is 5.04. The van der Waals surface area contributed by atoms with E-state index in [1.807, 2.05) is 6.92 Å². The molecule has 2 aliphatic rings. The van der Waals surface area contributed by atoms with Crippen LogP contribution in [-0.2, 0) is 4.74 Å². The van der Waals surface area contributed by atoms with Gasteiger partial charge in [-0.15, -0.1) is 0 Å². The number of anilines is 1. The highest BCUT2D eigenvalue weighted by molar-refractivity contribution is 5.92.